The molecule has 4 heterocycles. The van der Waals surface area contributed by atoms with Crippen LogP contribution in [-0.2, 0) is 16.1 Å². The standard InChI is InChI=1S/C28H26N8O3/c1-17(37)23-14-35(25-7-6-19(9-22(23)25)32-21-12-29-16-30-13-21)15-27(38)36-8-2-3-26(36)28(39)33-20-5-4-18-11-31-34-24(18)10-20/h4-7,9-14,16,26,32H,2-3,8,15H2,1H3,(H,31,34)(H,33,39)/t26-/m0/s1. The van der Waals surface area contributed by atoms with Crippen molar-refractivity contribution in [2.45, 2.75) is 32.4 Å². The molecule has 0 saturated carbocycles. The highest BCUT2D eigenvalue weighted by Crippen LogP contribution is 2.28. The third-order valence-electron chi connectivity index (χ3n) is 7.00. The third kappa shape index (κ3) is 4.81. The maximum Gasteiger partial charge on any atom is 0.247 e. The number of H-pyrrole nitrogens is 1. The van der Waals surface area contributed by atoms with Crippen LogP contribution in [0.25, 0.3) is 21.8 Å². The molecule has 0 bridgehead atoms. The van der Waals surface area contributed by atoms with Crippen molar-refractivity contribution < 1.29 is 14.4 Å². The summed E-state index contributed by atoms with van der Waals surface area (Å²) in [6.07, 6.45) is 9.53. The molecular weight excluding hydrogens is 496 g/mol. The van der Waals surface area contributed by atoms with E-state index in [1.807, 2.05) is 36.4 Å². The van der Waals surface area contributed by atoms with E-state index in [0.29, 0.717) is 24.2 Å². The minimum Gasteiger partial charge on any atom is -0.353 e. The maximum atomic E-state index is 13.5. The van der Waals surface area contributed by atoms with Gasteiger partial charge in [0.05, 0.1) is 29.8 Å². The normalized spacial score (nSPS) is 15.1. The Hall–Kier alpha value is -5.06. The Kier molecular flexibility index (Phi) is 6.23. The van der Waals surface area contributed by atoms with Gasteiger partial charge in [0.1, 0.15) is 18.9 Å². The molecule has 2 amide bonds. The zero-order chi connectivity index (χ0) is 26.9. The van der Waals surface area contributed by atoms with Crippen LogP contribution in [0.1, 0.15) is 30.1 Å². The van der Waals surface area contributed by atoms with E-state index in [4.69, 9.17) is 0 Å². The Morgan fingerprint density at radius 3 is 2.67 bits per heavy atom. The lowest BCUT2D eigenvalue weighted by Crippen LogP contribution is -2.44. The third-order valence-corrected chi connectivity index (χ3v) is 7.00. The number of Topliss-reactive ketones (excluding diaryl/α,β-unsaturated/α-hetero) is 1. The SMILES string of the molecule is CC(=O)c1cn(CC(=O)N2CCC[C@H]2C(=O)Nc2ccc3cn[nH]c3c2)c2ccc(Nc3cncnc3)cc12. The summed E-state index contributed by atoms with van der Waals surface area (Å²) in [7, 11) is 0. The van der Waals surface area contributed by atoms with Crippen LogP contribution in [0.5, 0.6) is 0 Å². The minimum atomic E-state index is -0.562. The highest BCUT2D eigenvalue weighted by atomic mass is 16.2. The molecule has 2 aromatic carbocycles. The smallest absolute Gasteiger partial charge is 0.247 e. The molecule has 3 aromatic heterocycles. The summed E-state index contributed by atoms with van der Waals surface area (Å²) >= 11 is 0. The Morgan fingerprint density at radius 2 is 1.85 bits per heavy atom. The number of likely N-dealkylation sites (tertiary alicyclic amines) is 1. The first-order valence-corrected chi connectivity index (χ1v) is 12.7. The largest absolute Gasteiger partial charge is 0.353 e. The second-order valence-corrected chi connectivity index (χ2v) is 9.62. The molecule has 0 unspecified atom stereocenters. The van der Waals surface area contributed by atoms with E-state index in [2.05, 4.69) is 30.8 Å². The monoisotopic (exact) mass is 522 g/mol. The van der Waals surface area contributed by atoms with Crippen LogP contribution in [0, 0.1) is 0 Å². The van der Waals surface area contributed by atoms with Crippen LogP contribution in [-0.4, -0.2) is 59.8 Å². The number of carbonyl (C=O) groups excluding carboxylic acids is 3. The average molecular weight is 523 g/mol. The lowest BCUT2D eigenvalue weighted by atomic mass is 10.1. The van der Waals surface area contributed by atoms with Gasteiger partial charge in [0, 0.05) is 46.0 Å². The zero-order valence-corrected chi connectivity index (χ0v) is 21.2. The molecule has 6 rings (SSSR count). The number of hydrogen-bond donors (Lipinski definition) is 3. The number of anilines is 3. The lowest BCUT2D eigenvalue weighted by molar-refractivity contribution is -0.137. The van der Waals surface area contributed by atoms with Crippen molar-refractivity contribution in [2.75, 3.05) is 17.2 Å². The fourth-order valence-electron chi connectivity index (χ4n) is 5.13. The number of carbonyl (C=O) groups is 3. The fourth-order valence-corrected chi connectivity index (χ4v) is 5.13. The van der Waals surface area contributed by atoms with Gasteiger partial charge < -0.3 is 20.1 Å². The van der Waals surface area contributed by atoms with E-state index in [1.165, 1.54) is 13.3 Å². The Balaban J connectivity index is 1.21. The van der Waals surface area contributed by atoms with Gasteiger partial charge in [-0.25, -0.2) is 9.97 Å². The molecule has 39 heavy (non-hydrogen) atoms. The van der Waals surface area contributed by atoms with Gasteiger partial charge in [-0.3, -0.25) is 19.5 Å². The summed E-state index contributed by atoms with van der Waals surface area (Å²) in [6.45, 7) is 2.03. The van der Waals surface area contributed by atoms with Crippen LogP contribution < -0.4 is 10.6 Å². The highest BCUT2D eigenvalue weighted by Gasteiger charge is 2.34. The van der Waals surface area contributed by atoms with E-state index >= 15 is 0 Å². The lowest BCUT2D eigenvalue weighted by Gasteiger charge is -2.24. The molecule has 11 nitrogen and oxygen atoms in total. The van der Waals surface area contributed by atoms with Crippen LogP contribution in [0.3, 0.4) is 0 Å². The van der Waals surface area contributed by atoms with E-state index in [0.717, 1.165) is 39.6 Å². The zero-order valence-electron chi connectivity index (χ0n) is 21.2. The van der Waals surface area contributed by atoms with Crippen molar-refractivity contribution in [3.63, 3.8) is 0 Å². The highest BCUT2D eigenvalue weighted by molar-refractivity contribution is 6.08. The molecule has 0 aliphatic carbocycles. The van der Waals surface area contributed by atoms with E-state index < -0.39 is 6.04 Å². The molecule has 1 aliphatic rings. The summed E-state index contributed by atoms with van der Waals surface area (Å²) in [5.74, 6) is -0.492. The predicted octanol–water partition coefficient (Wildman–Crippen LogP) is 3.88. The molecule has 5 aromatic rings. The van der Waals surface area contributed by atoms with Crippen molar-refractivity contribution in [1.82, 2.24) is 29.6 Å². The number of amides is 2. The second-order valence-electron chi connectivity index (χ2n) is 9.62. The van der Waals surface area contributed by atoms with Crippen LogP contribution in [0.4, 0.5) is 17.1 Å². The van der Waals surface area contributed by atoms with Gasteiger partial charge in [-0.05, 0) is 56.2 Å². The number of aromatic amines is 1. The molecular formula is C28H26N8O3. The van der Waals surface area contributed by atoms with Crippen molar-refractivity contribution in [2.24, 2.45) is 0 Å². The van der Waals surface area contributed by atoms with Gasteiger partial charge in [-0.2, -0.15) is 5.10 Å². The summed E-state index contributed by atoms with van der Waals surface area (Å²) in [4.78, 5) is 48.7. The summed E-state index contributed by atoms with van der Waals surface area (Å²) in [6, 6.07) is 10.6. The molecule has 1 atom stereocenters. The van der Waals surface area contributed by atoms with E-state index in [9.17, 15) is 14.4 Å². The molecule has 0 radical (unpaired) electrons. The van der Waals surface area contributed by atoms with E-state index in [-0.39, 0.29) is 24.1 Å². The number of nitrogens with zero attached hydrogens (tertiary/aromatic N) is 5. The van der Waals surface area contributed by atoms with Gasteiger partial charge >= 0.3 is 0 Å². The number of nitrogens with one attached hydrogen (secondary N) is 3. The molecule has 0 spiro atoms. The fraction of sp³-hybridized carbons (Fsp3) is 0.214. The first-order valence-electron chi connectivity index (χ1n) is 12.7. The molecule has 1 aliphatic heterocycles. The first kappa shape index (κ1) is 24.3. The van der Waals surface area contributed by atoms with Crippen molar-refractivity contribution in [3.05, 3.63) is 73.1 Å². The summed E-state index contributed by atoms with van der Waals surface area (Å²) < 4.78 is 1.78. The topological polar surface area (TPSA) is 138 Å². The Bertz CT molecular complexity index is 1710. The number of benzene rings is 2. The van der Waals surface area contributed by atoms with Gasteiger partial charge in [0.15, 0.2) is 5.78 Å². The van der Waals surface area contributed by atoms with Gasteiger partial charge in [0.2, 0.25) is 11.8 Å². The van der Waals surface area contributed by atoms with Crippen molar-refractivity contribution in [1.29, 1.82) is 0 Å². The van der Waals surface area contributed by atoms with Crippen molar-refractivity contribution >= 4 is 56.5 Å². The number of rotatable bonds is 7. The predicted molar refractivity (Wildman–Crippen MR) is 147 cm³/mol. The Labute approximate surface area is 223 Å². The number of aromatic nitrogens is 5. The van der Waals surface area contributed by atoms with Crippen LogP contribution >= 0.6 is 0 Å². The minimum absolute atomic E-state index is 0.0208. The number of ketones is 1. The van der Waals surface area contributed by atoms with Gasteiger partial charge in [-0.1, -0.05) is 0 Å². The van der Waals surface area contributed by atoms with Crippen molar-refractivity contribution in [3.8, 4) is 0 Å². The first-order chi connectivity index (χ1) is 19.0. The maximum absolute atomic E-state index is 13.5. The number of fused-ring (bicyclic) bond motifs is 2. The second kappa shape index (κ2) is 10.0. The molecule has 1 saturated heterocycles. The van der Waals surface area contributed by atoms with Crippen LogP contribution in [0.15, 0.2) is 67.5 Å². The van der Waals surface area contributed by atoms with E-state index in [1.54, 1.807) is 34.3 Å². The quantitative estimate of drug-likeness (QED) is 0.276. The summed E-state index contributed by atoms with van der Waals surface area (Å²) in [5, 5.41) is 14.8. The average Bonchev–Trinajstić information content (AvgIpc) is 3.68. The molecule has 11 heteroatoms. The number of hydrogen-bond acceptors (Lipinski definition) is 7. The van der Waals surface area contributed by atoms with Gasteiger partial charge in [0.25, 0.3) is 0 Å². The molecule has 1 fully saturated rings. The summed E-state index contributed by atoms with van der Waals surface area (Å²) in [5.41, 5.74) is 4.24. The molecule has 3 N–H and O–H groups in total. The molecule has 196 valence electrons. The Morgan fingerprint density at radius 1 is 1.03 bits per heavy atom. The van der Waals surface area contributed by atoms with Gasteiger partial charge in [-0.15, -0.1) is 0 Å². The van der Waals surface area contributed by atoms with Crippen LogP contribution in [0.2, 0.25) is 0 Å².